The van der Waals surface area contributed by atoms with E-state index in [2.05, 4.69) is 63.8 Å². The number of hydrogen-bond donors (Lipinski definition) is 0. The standard InChI is InChI=1S/C20H22/c1-13(2)19-15(4)20(16-8-6-5-7-9-16)17-11-10-14(3)12-18(17)19/h6,8-12,20H,1,5,7H2,2-4H3. The molecule has 1 aromatic carbocycles. The van der Waals surface area contributed by atoms with Crippen LogP contribution in [0.15, 0.2) is 59.7 Å². The monoisotopic (exact) mass is 262 g/mol. The molecule has 0 saturated carbocycles. The van der Waals surface area contributed by atoms with Crippen molar-refractivity contribution < 1.29 is 0 Å². The Labute approximate surface area is 122 Å². The summed E-state index contributed by atoms with van der Waals surface area (Å²) >= 11 is 0. The predicted octanol–water partition coefficient (Wildman–Crippen LogP) is 5.72. The van der Waals surface area contributed by atoms with Gasteiger partial charge in [0, 0.05) is 5.92 Å². The van der Waals surface area contributed by atoms with Crippen LogP contribution in [0.5, 0.6) is 0 Å². The molecule has 2 aliphatic rings. The van der Waals surface area contributed by atoms with Crippen LogP contribution < -0.4 is 0 Å². The van der Waals surface area contributed by atoms with E-state index >= 15 is 0 Å². The Kier molecular flexibility index (Phi) is 3.25. The first-order valence-corrected chi connectivity index (χ1v) is 7.43. The van der Waals surface area contributed by atoms with E-state index in [1.807, 2.05) is 0 Å². The Balaban J connectivity index is 2.20. The van der Waals surface area contributed by atoms with Crippen LogP contribution in [0.1, 0.15) is 49.3 Å². The normalized spacial score (nSPS) is 20.9. The fourth-order valence-electron chi connectivity index (χ4n) is 3.57. The van der Waals surface area contributed by atoms with E-state index in [1.54, 1.807) is 0 Å². The Bertz CT molecular complexity index is 665. The van der Waals surface area contributed by atoms with Gasteiger partial charge in [0.25, 0.3) is 0 Å². The molecule has 0 N–H and O–H groups in total. The molecule has 0 saturated heterocycles. The molecule has 2 aliphatic carbocycles. The first-order valence-electron chi connectivity index (χ1n) is 7.43. The van der Waals surface area contributed by atoms with Gasteiger partial charge < -0.3 is 0 Å². The summed E-state index contributed by atoms with van der Waals surface area (Å²) in [6.45, 7) is 10.8. The molecule has 0 fully saturated rings. The molecule has 0 heteroatoms. The molecule has 0 aliphatic heterocycles. The zero-order chi connectivity index (χ0) is 14.3. The van der Waals surface area contributed by atoms with Crippen LogP contribution in [0.4, 0.5) is 0 Å². The Morgan fingerprint density at radius 1 is 1.20 bits per heavy atom. The van der Waals surface area contributed by atoms with Crippen molar-refractivity contribution in [2.75, 3.05) is 0 Å². The van der Waals surface area contributed by atoms with E-state index in [0.717, 1.165) is 0 Å². The Morgan fingerprint density at radius 3 is 2.65 bits per heavy atom. The van der Waals surface area contributed by atoms with Crippen molar-refractivity contribution in [3.8, 4) is 0 Å². The molecule has 0 amide bonds. The first kappa shape index (κ1) is 13.2. The van der Waals surface area contributed by atoms with Gasteiger partial charge in [-0.3, -0.25) is 0 Å². The minimum Gasteiger partial charge on any atom is -0.0955 e. The van der Waals surface area contributed by atoms with Crippen LogP contribution in [0.25, 0.3) is 5.57 Å². The van der Waals surface area contributed by atoms with Crippen LogP contribution >= 0.6 is 0 Å². The van der Waals surface area contributed by atoms with Gasteiger partial charge in [-0.05, 0) is 55.9 Å². The molecule has 1 aromatic rings. The van der Waals surface area contributed by atoms with Gasteiger partial charge >= 0.3 is 0 Å². The highest BCUT2D eigenvalue weighted by atomic mass is 14.3. The van der Waals surface area contributed by atoms with Gasteiger partial charge in [-0.15, -0.1) is 0 Å². The third-order valence-electron chi connectivity index (χ3n) is 4.40. The van der Waals surface area contributed by atoms with Gasteiger partial charge in [-0.2, -0.15) is 0 Å². The molecule has 20 heavy (non-hydrogen) atoms. The summed E-state index contributed by atoms with van der Waals surface area (Å²) in [5, 5.41) is 0. The van der Waals surface area contributed by atoms with Crippen LogP contribution in [-0.4, -0.2) is 0 Å². The predicted molar refractivity (Wildman–Crippen MR) is 87.8 cm³/mol. The maximum Gasteiger partial charge on any atom is 0.0308 e. The van der Waals surface area contributed by atoms with Crippen LogP contribution in [0.2, 0.25) is 0 Å². The fraction of sp³-hybridized carbons (Fsp3) is 0.300. The van der Waals surface area contributed by atoms with E-state index < -0.39 is 0 Å². The quantitative estimate of drug-likeness (QED) is 0.639. The number of allylic oxidation sites excluding steroid dienone is 7. The summed E-state index contributed by atoms with van der Waals surface area (Å²) in [7, 11) is 0. The van der Waals surface area contributed by atoms with E-state index in [-0.39, 0.29) is 0 Å². The zero-order valence-corrected chi connectivity index (χ0v) is 12.7. The molecule has 0 heterocycles. The maximum absolute atomic E-state index is 4.20. The summed E-state index contributed by atoms with van der Waals surface area (Å²) < 4.78 is 0. The van der Waals surface area contributed by atoms with E-state index in [4.69, 9.17) is 0 Å². The van der Waals surface area contributed by atoms with Crippen molar-refractivity contribution in [2.45, 2.75) is 39.5 Å². The number of rotatable bonds is 2. The molecule has 0 bridgehead atoms. The van der Waals surface area contributed by atoms with E-state index in [0.29, 0.717) is 5.92 Å². The smallest absolute Gasteiger partial charge is 0.0308 e. The largest absolute Gasteiger partial charge is 0.0955 e. The van der Waals surface area contributed by atoms with Crippen LogP contribution in [-0.2, 0) is 0 Å². The molecule has 1 atom stereocenters. The second kappa shape index (κ2) is 4.94. The molecular weight excluding hydrogens is 240 g/mol. The zero-order valence-electron chi connectivity index (χ0n) is 12.7. The van der Waals surface area contributed by atoms with Crippen molar-refractivity contribution in [2.24, 2.45) is 0 Å². The van der Waals surface area contributed by atoms with Gasteiger partial charge in [0.2, 0.25) is 0 Å². The Hall–Kier alpha value is -1.82. The fourth-order valence-corrected chi connectivity index (χ4v) is 3.57. The average molecular weight is 262 g/mol. The van der Waals surface area contributed by atoms with Gasteiger partial charge in [-0.25, -0.2) is 0 Å². The number of aryl methyl sites for hydroxylation is 1. The summed E-state index contributed by atoms with van der Waals surface area (Å²) in [4.78, 5) is 0. The van der Waals surface area contributed by atoms with E-state index in [9.17, 15) is 0 Å². The van der Waals surface area contributed by atoms with Crippen molar-refractivity contribution >= 4 is 5.57 Å². The number of hydrogen-bond acceptors (Lipinski definition) is 0. The highest BCUT2D eigenvalue weighted by Gasteiger charge is 2.30. The van der Waals surface area contributed by atoms with Crippen molar-refractivity contribution in [1.82, 2.24) is 0 Å². The SMILES string of the molecule is C=C(C)C1=C(C)C(C2=CCCC=C2)c2ccc(C)cc21. The maximum atomic E-state index is 4.20. The van der Waals surface area contributed by atoms with Crippen LogP contribution in [0.3, 0.4) is 0 Å². The number of fused-ring (bicyclic) bond motifs is 1. The molecule has 1 unspecified atom stereocenters. The topological polar surface area (TPSA) is 0 Å². The lowest BCUT2D eigenvalue weighted by atomic mass is 9.86. The van der Waals surface area contributed by atoms with Crippen molar-refractivity contribution in [3.63, 3.8) is 0 Å². The molecule has 0 spiro atoms. The Morgan fingerprint density at radius 2 is 2.00 bits per heavy atom. The minimum atomic E-state index is 0.425. The lowest BCUT2D eigenvalue weighted by Gasteiger charge is -2.18. The van der Waals surface area contributed by atoms with E-state index in [1.165, 1.54) is 51.8 Å². The molecule has 0 radical (unpaired) electrons. The third-order valence-corrected chi connectivity index (χ3v) is 4.40. The van der Waals surface area contributed by atoms with Crippen LogP contribution in [0, 0.1) is 6.92 Å². The lowest BCUT2D eigenvalue weighted by Crippen LogP contribution is -2.01. The molecular formula is C20H22. The second-order valence-corrected chi connectivity index (χ2v) is 6.05. The first-order chi connectivity index (χ1) is 9.59. The van der Waals surface area contributed by atoms with Crippen molar-refractivity contribution in [1.29, 1.82) is 0 Å². The molecule has 0 nitrogen and oxygen atoms in total. The highest BCUT2D eigenvalue weighted by molar-refractivity contribution is 5.88. The molecule has 0 aromatic heterocycles. The van der Waals surface area contributed by atoms with Gasteiger partial charge in [0.15, 0.2) is 0 Å². The molecule has 102 valence electrons. The summed E-state index contributed by atoms with van der Waals surface area (Å²) in [5.74, 6) is 0.425. The highest BCUT2D eigenvalue weighted by Crippen LogP contribution is 2.48. The third kappa shape index (κ3) is 2.00. The summed E-state index contributed by atoms with van der Waals surface area (Å²) in [6, 6.07) is 6.85. The van der Waals surface area contributed by atoms with Gasteiger partial charge in [0.05, 0.1) is 0 Å². The number of benzene rings is 1. The van der Waals surface area contributed by atoms with Crippen molar-refractivity contribution in [3.05, 3.63) is 76.4 Å². The molecule has 3 rings (SSSR count). The minimum absolute atomic E-state index is 0.425. The van der Waals surface area contributed by atoms with Gasteiger partial charge in [-0.1, -0.05) is 59.7 Å². The average Bonchev–Trinajstić information content (AvgIpc) is 2.71. The lowest BCUT2D eigenvalue weighted by molar-refractivity contribution is 0.919. The summed E-state index contributed by atoms with van der Waals surface area (Å²) in [5.41, 5.74) is 9.62. The van der Waals surface area contributed by atoms with Gasteiger partial charge in [0.1, 0.15) is 0 Å². The second-order valence-electron chi connectivity index (χ2n) is 6.05. The summed E-state index contributed by atoms with van der Waals surface area (Å²) in [6.07, 6.45) is 9.35.